The van der Waals surface area contributed by atoms with Gasteiger partial charge in [0.1, 0.15) is 97.2 Å². The minimum absolute atomic E-state index is 0.00360. The molecule has 0 unspecified atom stereocenters. The number of rotatable bonds is 74. The Labute approximate surface area is 895 Å². The second-order valence-electron chi connectivity index (χ2n) is 34.7. The predicted octanol–water partition coefficient (Wildman–Crippen LogP) is -11.4. The number of carboxylic acids is 1. The van der Waals surface area contributed by atoms with Crippen molar-refractivity contribution in [2.45, 2.75) is 234 Å². The monoisotopic (exact) mass is 2210 g/mol. The van der Waals surface area contributed by atoms with Crippen molar-refractivity contribution in [2.24, 2.45) is 57.7 Å². The van der Waals surface area contributed by atoms with E-state index in [0.717, 1.165) is 10.9 Å². The minimum atomic E-state index is -1.60. The lowest BCUT2D eigenvalue weighted by Gasteiger charge is -2.29. The van der Waals surface area contributed by atoms with Crippen molar-refractivity contribution in [3.05, 3.63) is 36.0 Å². The summed E-state index contributed by atoms with van der Waals surface area (Å²) in [6.45, 7) is 5.02. The smallest absolute Gasteiger partial charge is 0.322 e. The summed E-state index contributed by atoms with van der Waals surface area (Å²) in [5.74, 6) is -24.1. The van der Waals surface area contributed by atoms with Gasteiger partial charge in [0, 0.05) is 97.3 Å². The van der Waals surface area contributed by atoms with Crippen LogP contribution in [0.2, 0.25) is 0 Å². The van der Waals surface area contributed by atoms with Crippen molar-refractivity contribution < 1.29 is 91.4 Å². The number of amides is 17. The summed E-state index contributed by atoms with van der Waals surface area (Å²) in [5, 5.41) is 114. The van der Waals surface area contributed by atoms with E-state index in [1.54, 1.807) is 40.0 Å². The van der Waals surface area contributed by atoms with Gasteiger partial charge >= 0.3 is 5.97 Å². The Kier molecular flexibility index (Phi) is 64.0. The van der Waals surface area contributed by atoms with Gasteiger partial charge in [-0.2, -0.15) is 75.8 Å². The lowest BCUT2D eigenvalue weighted by molar-refractivity contribution is -0.138. The fourth-order valence-corrected chi connectivity index (χ4v) is 15.7. The predicted molar refractivity (Wildman–Crippen MR) is 578 cm³/mol. The molecule has 17 amide bonds. The van der Waals surface area contributed by atoms with Gasteiger partial charge in [0.05, 0.1) is 12.6 Å². The number of hydrogen-bond donors (Lipinski definition) is 45. The summed E-state index contributed by atoms with van der Waals surface area (Å²) < 4.78 is 0. The quantitative estimate of drug-likeness (QED) is 0.0127. The Bertz CT molecular complexity index is 4820. The van der Waals surface area contributed by atoms with Crippen LogP contribution in [0.3, 0.4) is 0 Å². The number of carbonyl (C=O) groups excluding carboxylic acids is 17. The van der Waals surface area contributed by atoms with Crippen LogP contribution < -0.4 is 168 Å². The molecule has 57 nitrogen and oxygen atoms in total. The normalized spacial score (nSPS) is 14.4. The zero-order valence-electron chi connectivity index (χ0n) is 83.5. The van der Waals surface area contributed by atoms with Crippen LogP contribution in [-0.2, 0) is 92.7 Å². The zero-order valence-corrected chi connectivity index (χ0v) is 88.9. The summed E-state index contributed by atoms with van der Waals surface area (Å²) in [7, 11) is 0. The van der Waals surface area contributed by atoms with Gasteiger partial charge in [-0.25, -0.2) is 0 Å². The molecule has 0 fully saturated rings. The van der Waals surface area contributed by atoms with Crippen LogP contribution >= 0.6 is 75.8 Å². The van der Waals surface area contributed by atoms with Crippen LogP contribution in [0, 0.1) is 44.3 Å². The van der Waals surface area contributed by atoms with E-state index >= 15 is 0 Å². The molecule has 63 heteroatoms. The van der Waals surface area contributed by atoms with E-state index in [1.165, 1.54) is 0 Å². The number of guanidine groups is 6. The summed E-state index contributed by atoms with van der Waals surface area (Å²) in [6.07, 6.45) is 2.35. The van der Waals surface area contributed by atoms with E-state index in [0.29, 0.717) is 24.9 Å². The fraction of sp³-hybridized carbons (Fsp3) is 0.628. The highest BCUT2D eigenvalue weighted by atomic mass is 32.1. The van der Waals surface area contributed by atoms with Crippen molar-refractivity contribution in [1.82, 2.24) is 127 Å². The number of thiol groups is 6. The molecule has 0 spiro atoms. The molecular formula is C86H152N38O19S6. The minimum Gasteiger partial charge on any atom is -0.480 e. The van der Waals surface area contributed by atoms with Gasteiger partial charge in [-0.3, -0.25) is 119 Å². The third-order valence-electron chi connectivity index (χ3n) is 22.5. The summed E-state index contributed by atoms with van der Waals surface area (Å²) >= 11 is 25.8. The molecule has 0 radical (unpaired) electrons. The Balaban J connectivity index is 2.46. The van der Waals surface area contributed by atoms with Crippen LogP contribution in [0.4, 0.5) is 0 Å². The van der Waals surface area contributed by atoms with Crippen molar-refractivity contribution in [2.75, 3.05) is 93.4 Å². The molecule has 836 valence electrons. The third kappa shape index (κ3) is 52.0. The maximum absolute atomic E-state index is 14.6. The molecule has 17 atom stereocenters. The number of aromatic nitrogens is 1. The van der Waals surface area contributed by atoms with Gasteiger partial charge in [0.15, 0.2) is 35.8 Å². The average Bonchev–Trinajstić information content (AvgIpc) is 1.68. The molecule has 0 saturated heterocycles. The van der Waals surface area contributed by atoms with Crippen molar-refractivity contribution in [3.8, 4) is 0 Å². The highest BCUT2D eigenvalue weighted by Crippen LogP contribution is 2.21. The van der Waals surface area contributed by atoms with E-state index in [9.17, 15) is 91.4 Å². The zero-order chi connectivity index (χ0) is 112. The number of para-hydroxylation sites is 1. The number of benzene rings is 1. The first-order valence-corrected chi connectivity index (χ1v) is 51.8. The molecule has 0 aliphatic rings. The number of aliphatic carboxylic acids is 1. The highest BCUT2D eigenvalue weighted by molar-refractivity contribution is 7.81. The number of aromatic amines is 1. The first-order chi connectivity index (χ1) is 70.5. The van der Waals surface area contributed by atoms with Gasteiger partial charge in [-0.1, -0.05) is 58.7 Å². The number of unbranched alkanes of at least 4 members (excludes halogenated alkanes) is 1. The Morgan fingerprint density at radius 1 is 0.322 bits per heavy atom. The molecule has 0 aliphatic carbocycles. The molecule has 1 aromatic heterocycles. The third-order valence-corrected chi connectivity index (χ3v) is 24.7. The van der Waals surface area contributed by atoms with Crippen LogP contribution in [-0.4, -0.2) is 342 Å². The number of nitrogens with two attached hydrogens (primary N) is 8. The first kappa shape index (κ1) is 132. The second-order valence-corrected chi connectivity index (χ2v) is 36.9. The number of carboxylic acid groups (broad SMARTS) is 1. The Morgan fingerprint density at radius 2 is 0.591 bits per heavy atom. The van der Waals surface area contributed by atoms with Crippen LogP contribution in [0.5, 0.6) is 0 Å². The molecule has 0 bridgehead atoms. The second kappa shape index (κ2) is 72.3. The van der Waals surface area contributed by atoms with E-state index < -0.39 is 287 Å². The molecule has 149 heavy (non-hydrogen) atoms. The van der Waals surface area contributed by atoms with E-state index in [-0.39, 0.29) is 147 Å². The maximum atomic E-state index is 14.6. The molecule has 0 aliphatic heterocycles. The SMILES string of the molecule is CC[C@H](C)[C@H](NC(=O)CNC(=O)[C@H](CCCNC(=N)N)NC(=O)[C@H](CCCNC(=N)N)NC(=O)[C@H](CS)NC(=O)[C@@H](NC(=O)[C@H](CS)NC(=O)[C@H](CCCNC(=N)N)NC(=O)[C@H](CS)NC(=O)[C@H](Cc1c[nH]c2ccccc12)NC(=O)[C@@H](N)CCCCN)C(C)C)C(=O)N[C@@H](CS)C(=O)N[C@@H](CCCNC(=N)N)C(=O)N[C@@H](CS)C(=O)N[C@@H](CCCNC(=N)N)C(=O)N[C@@H](CS)C(=O)N[C@@H](CCCNC(=N)N)C(=O)NCC(=O)O. The molecule has 2 aromatic rings. The molecule has 47 N–H and O–H groups in total. The number of carbonyl (C=O) groups is 18. The Morgan fingerprint density at radius 3 is 0.886 bits per heavy atom. The summed E-state index contributed by atoms with van der Waals surface area (Å²) in [6, 6.07) is -16.3. The lowest BCUT2D eigenvalue weighted by atomic mass is 9.98. The number of fused-ring (bicyclic) bond motifs is 1. The van der Waals surface area contributed by atoms with E-state index in [4.69, 9.17) is 78.3 Å². The number of nitrogens with one attached hydrogen (secondary N) is 30. The average molecular weight is 2210 g/mol. The van der Waals surface area contributed by atoms with Crippen LogP contribution in [0.1, 0.15) is 136 Å². The number of hydrogen-bond acceptors (Lipinski definition) is 32. The van der Waals surface area contributed by atoms with E-state index in [2.05, 4.69) is 203 Å². The fourth-order valence-electron chi connectivity index (χ4n) is 14.1. The Hall–Kier alpha value is -13.1. The first-order valence-electron chi connectivity index (χ1n) is 48.0. The van der Waals surface area contributed by atoms with Gasteiger partial charge in [0.2, 0.25) is 100 Å². The van der Waals surface area contributed by atoms with Crippen molar-refractivity contribution in [1.29, 1.82) is 32.5 Å². The van der Waals surface area contributed by atoms with Crippen LogP contribution in [0.15, 0.2) is 30.5 Å². The van der Waals surface area contributed by atoms with Crippen molar-refractivity contribution in [3.63, 3.8) is 0 Å². The summed E-state index contributed by atoms with van der Waals surface area (Å²) in [4.78, 5) is 255. The number of H-pyrrole nitrogens is 1. The maximum Gasteiger partial charge on any atom is 0.322 e. The van der Waals surface area contributed by atoms with Gasteiger partial charge in [-0.05, 0) is 120 Å². The summed E-state index contributed by atoms with van der Waals surface area (Å²) in [5.41, 5.74) is 46.2. The van der Waals surface area contributed by atoms with Gasteiger partial charge in [0.25, 0.3) is 0 Å². The largest absolute Gasteiger partial charge is 0.480 e. The molecule has 2 rings (SSSR count). The molecule has 0 saturated carbocycles. The molecule has 1 aromatic carbocycles. The molecular weight excluding hydrogens is 2060 g/mol. The van der Waals surface area contributed by atoms with Crippen LogP contribution in [0.25, 0.3) is 10.9 Å². The standard InChI is InChI=1S/C86H152N38O19S6/c1-5-43(4)64(80(143)122-59(40-148)77(140)115-52(23-14-30-105-85(97)98)70(133)118-56(37-145)74(137)113-51(22-13-29-104-84(95)96)69(132)117-55(36-144)73(136)111-49(20-11-27-102-82(91)92)67(130)109-35-62(126)127)123-61(125)34-108-66(129)48(19-10-26-101-81(89)90)110-68(131)50(21-12-28-103-83(93)94)112-76(139)58(39-147)121-79(142)63(42(2)3)124-78(141)60(41-149)119-71(134)53(24-15-31-106-86(99)100)114-75(138)57(38-146)120-72(135)54(116-65(128)46(88)17-8-9-25-87)32-44-33-107-47-18-7-6-16-45(44)47/h6-7,16,18,33,42-43,46,48-60,63-64,107,144-149H,5,8-15,17,19-32,34-41,87-88H2,1-4H3,(H,108,129)(H,109,130)(H,110,131)(H,111,136)(H,112,139)(H,113,137)(H,114,138)(H,115,140)(H,116,128)(H,117,132)(H,118,133)(H,119,134)(H,120,135)(H,121,142)(H,122,143)(H,123,125)(H,124,141)(H,126,127)(H4,89,90,101)(H4,91,92,102)(H4,93,94,103)(H4,95,96,104)(H4,97,98,105)(H4,99,100,106)/t43-,46-,48-,49-,50-,51-,52-,53-,54-,55-,56-,57-,58-,59-,60-,63-,64-/m0/s1. The van der Waals surface area contributed by atoms with Gasteiger partial charge < -0.3 is 178 Å². The molecule has 1 heterocycles. The van der Waals surface area contributed by atoms with Gasteiger partial charge in [-0.15, -0.1) is 0 Å². The topological polar surface area (TPSA) is 971 Å². The van der Waals surface area contributed by atoms with Crippen molar-refractivity contribution >= 4 is 229 Å². The highest BCUT2D eigenvalue weighted by Gasteiger charge is 2.40. The lowest BCUT2D eigenvalue weighted by Crippen LogP contribution is -2.62. The van der Waals surface area contributed by atoms with E-state index in [1.807, 2.05) is 18.2 Å².